The second-order valence-corrected chi connectivity index (χ2v) is 8.05. The second-order valence-electron chi connectivity index (χ2n) is 7.31. The molecule has 27 heavy (non-hydrogen) atoms. The van der Waals surface area contributed by atoms with Gasteiger partial charge in [-0.3, -0.25) is 14.4 Å². The van der Waals surface area contributed by atoms with Crippen molar-refractivity contribution in [2.24, 2.45) is 5.92 Å². The zero-order valence-electron chi connectivity index (χ0n) is 14.9. The van der Waals surface area contributed by atoms with Crippen molar-refractivity contribution in [3.63, 3.8) is 0 Å². The quantitative estimate of drug-likeness (QED) is 0.539. The van der Waals surface area contributed by atoms with Crippen molar-refractivity contribution in [3.05, 3.63) is 59.4 Å². The molecule has 7 heteroatoms. The molecule has 1 aromatic carbocycles. The van der Waals surface area contributed by atoms with Gasteiger partial charge in [-0.15, -0.1) is 12.6 Å². The van der Waals surface area contributed by atoms with Gasteiger partial charge in [-0.1, -0.05) is 25.3 Å². The van der Waals surface area contributed by atoms with Crippen LogP contribution in [0.2, 0.25) is 0 Å². The molecule has 3 amide bonds. The monoisotopic (exact) mass is 383 g/mol. The number of amides is 3. The lowest BCUT2D eigenvalue weighted by Gasteiger charge is -2.38. The molecule has 2 fully saturated rings. The van der Waals surface area contributed by atoms with Crippen molar-refractivity contribution in [2.75, 3.05) is 0 Å². The summed E-state index contributed by atoms with van der Waals surface area (Å²) in [4.78, 5) is 38.1. The number of benzene rings is 1. The zero-order chi connectivity index (χ0) is 19.3. The highest BCUT2D eigenvalue weighted by molar-refractivity contribution is 7.82. The predicted molar refractivity (Wildman–Crippen MR) is 104 cm³/mol. The molecule has 0 bridgehead atoms. The molecule has 3 aliphatic rings. The minimum atomic E-state index is -1.52. The van der Waals surface area contributed by atoms with Gasteiger partial charge in [0.15, 0.2) is 4.87 Å². The number of piperidine rings is 1. The summed E-state index contributed by atoms with van der Waals surface area (Å²) in [5.41, 5.74) is 2.88. The molecule has 1 saturated carbocycles. The number of carbonyl (C=O) groups is 3. The lowest BCUT2D eigenvalue weighted by molar-refractivity contribution is -0.127. The van der Waals surface area contributed by atoms with Gasteiger partial charge in [-0.25, -0.2) is 4.90 Å². The van der Waals surface area contributed by atoms with E-state index in [9.17, 15) is 14.4 Å². The number of nitrogens with zero attached hydrogens (tertiary/aromatic N) is 1. The van der Waals surface area contributed by atoms with Gasteiger partial charge in [0.25, 0.3) is 17.7 Å². The third-order valence-corrected chi connectivity index (χ3v) is 6.00. The average Bonchev–Trinajstić information content (AvgIpc) is 3.44. The van der Waals surface area contributed by atoms with Crippen LogP contribution in [-0.2, 0) is 11.3 Å². The Labute approximate surface area is 163 Å². The molecular formula is C20H21N3O3S. The van der Waals surface area contributed by atoms with Crippen molar-refractivity contribution < 1.29 is 14.4 Å². The van der Waals surface area contributed by atoms with Gasteiger partial charge in [-0.05, 0) is 43.2 Å². The SMILES string of the molecule is C=C1CC[C@](S)(N2C(=O)c3cccc(CNC(=C)C4CC4)c3C2=O)C(=O)N1. The molecule has 1 aliphatic carbocycles. The Balaban J connectivity index is 1.64. The van der Waals surface area contributed by atoms with Crippen LogP contribution in [0.3, 0.4) is 0 Å². The van der Waals surface area contributed by atoms with Crippen molar-refractivity contribution in [2.45, 2.75) is 37.1 Å². The van der Waals surface area contributed by atoms with Crippen LogP contribution < -0.4 is 10.6 Å². The van der Waals surface area contributed by atoms with E-state index in [-0.39, 0.29) is 6.42 Å². The minimum Gasteiger partial charge on any atom is -0.384 e. The Morgan fingerprint density at radius 1 is 1.30 bits per heavy atom. The van der Waals surface area contributed by atoms with Crippen molar-refractivity contribution in [1.82, 2.24) is 15.5 Å². The summed E-state index contributed by atoms with van der Waals surface area (Å²) in [6.07, 6.45) is 2.95. The molecule has 0 radical (unpaired) electrons. The first-order valence-electron chi connectivity index (χ1n) is 8.98. The van der Waals surface area contributed by atoms with Crippen LogP contribution in [0.25, 0.3) is 0 Å². The van der Waals surface area contributed by atoms with E-state index in [4.69, 9.17) is 0 Å². The molecule has 4 rings (SSSR count). The highest BCUT2D eigenvalue weighted by atomic mass is 32.1. The summed E-state index contributed by atoms with van der Waals surface area (Å²) in [6, 6.07) is 5.18. The van der Waals surface area contributed by atoms with Crippen LogP contribution in [-0.4, -0.2) is 27.5 Å². The Morgan fingerprint density at radius 2 is 2.04 bits per heavy atom. The maximum atomic E-state index is 13.2. The van der Waals surface area contributed by atoms with Crippen LogP contribution in [0.5, 0.6) is 0 Å². The van der Waals surface area contributed by atoms with Crippen molar-refractivity contribution in [3.8, 4) is 0 Å². The normalized spacial score (nSPS) is 24.7. The van der Waals surface area contributed by atoms with E-state index in [1.807, 2.05) is 6.07 Å². The maximum absolute atomic E-state index is 13.2. The number of carbonyl (C=O) groups excluding carboxylic acids is 3. The van der Waals surface area contributed by atoms with E-state index in [1.54, 1.807) is 12.1 Å². The van der Waals surface area contributed by atoms with Crippen LogP contribution in [0.4, 0.5) is 0 Å². The fourth-order valence-corrected chi connectivity index (χ4v) is 3.95. The van der Waals surface area contributed by atoms with Gasteiger partial charge >= 0.3 is 0 Å². The first kappa shape index (κ1) is 17.9. The Kier molecular flexibility index (Phi) is 4.14. The van der Waals surface area contributed by atoms with Crippen LogP contribution >= 0.6 is 12.6 Å². The number of nitrogens with one attached hydrogen (secondary N) is 2. The maximum Gasteiger partial charge on any atom is 0.263 e. The first-order valence-corrected chi connectivity index (χ1v) is 9.42. The van der Waals surface area contributed by atoms with E-state index >= 15 is 0 Å². The smallest absolute Gasteiger partial charge is 0.263 e. The lowest BCUT2D eigenvalue weighted by Crippen LogP contribution is -2.59. The summed E-state index contributed by atoms with van der Waals surface area (Å²) in [5.74, 6) is -0.980. The summed E-state index contributed by atoms with van der Waals surface area (Å²) >= 11 is 4.46. The van der Waals surface area contributed by atoms with Gasteiger partial charge in [0.1, 0.15) is 0 Å². The summed E-state index contributed by atoms with van der Waals surface area (Å²) in [7, 11) is 0. The van der Waals surface area contributed by atoms with Crippen LogP contribution in [0.15, 0.2) is 42.8 Å². The van der Waals surface area contributed by atoms with Gasteiger partial charge in [0.05, 0.1) is 11.1 Å². The molecule has 1 saturated heterocycles. The second kappa shape index (κ2) is 6.27. The number of allylic oxidation sites excluding steroid dienone is 2. The largest absolute Gasteiger partial charge is 0.384 e. The molecule has 0 unspecified atom stereocenters. The predicted octanol–water partition coefficient (Wildman–Crippen LogP) is 2.35. The van der Waals surface area contributed by atoms with Crippen molar-refractivity contribution in [1.29, 1.82) is 0 Å². The number of fused-ring (bicyclic) bond motifs is 1. The number of imide groups is 1. The molecule has 2 N–H and O–H groups in total. The molecule has 0 aromatic heterocycles. The molecule has 0 spiro atoms. The van der Waals surface area contributed by atoms with E-state index in [0.29, 0.717) is 41.3 Å². The van der Waals surface area contributed by atoms with Crippen LogP contribution in [0, 0.1) is 5.92 Å². The summed E-state index contributed by atoms with van der Waals surface area (Å²) in [6.45, 7) is 8.18. The number of thiol groups is 1. The van der Waals surface area contributed by atoms with Gasteiger partial charge in [-0.2, -0.15) is 0 Å². The highest BCUT2D eigenvalue weighted by Crippen LogP contribution is 2.39. The fourth-order valence-electron chi connectivity index (χ4n) is 3.60. The molecule has 2 heterocycles. The molecule has 2 aliphatic heterocycles. The molecule has 6 nitrogen and oxygen atoms in total. The molecule has 140 valence electrons. The third-order valence-electron chi connectivity index (χ3n) is 5.38. The average molecular weight is 383 g/mol. The van der Waals surface area contributed by atoms with E-state index < -0.39 is 22.6 Å². The molecule has 1 atom stereocenters. The zero-order valence-corrected chi connectivity index (χ0v) is 15.8. The Hall–Kier alpha value is -2.54. The minimum absolute atomic E-state index is 0.234. The number of rotatable bonds is 5. The van der Waals surface area contributed by atoms with Gasteiger partial charge in [0.2, 0.25) is 0 Å². The van der Waals surface area contributed by atoms with Crippen LogP contribution in [0.1, 0.15) is 52.0 Å². The fraction of sp³-hybridized carbons (Fsp3) is 0.350. The standard InChI is InChI=1S/C20H21N3O3S/c1-11-8-9-20(27,19(26)22-11)23-17(24)15-5-3-4-14(16(15)18(23)25)10-21-12(2)13-6-7-13/h3-5,13,21,27H,1-2,6-10H2,(H,22,26)/t20-/m1/s1. The van der Waals surface area contributed by atoms with Gasteiger partial charge < -0.3 is 10.6 Å². The van der Waals surface area contributed by atoms with E-state index in [0.717, 1.165) is 23.4 Å². The number of hydrogen-bond acceptors (Lipinski definition) is 5. The topological polar surface area (TPSA) is 78.5 Å². The van der Waals surface area contributed by atoms with Crippen molar-refractivity contribution >= 4 is 30.4 Å². The van der Waals surface area contributed by atoms with Gasteiger partial charge in [0, 0.05) is 17.9 Å². The summed E-state index contributed by atoms with van der Waals surface area (Å²) < 4.78 is 0. The highest BCUT2D eigenvalue weighted by Gasteiger charge is 2.53. The Morgan fingerprint density at radius 3 is 2.70 bits per heavy atom. The molecule has 1 aromatic rings. The lowest BCUT2D eigenvalue weighted by atomic mass is 10.0. The number of hydrogen-bond donors (Lipinski definition) is 3. The van der Waals surface area contributed by atoms with E-state index in [2.05, 4.69) is 36.4 Å². The third kappa shape index (κ3) is 2.86. The first-order chi connectivity index (χ1) is 12.8. The molecular weight excluding hydrogens is 362 g/mol. The Bertz CT molecular complexity index is 906. The van der Waals surface area contributed by atoms with E-state index in [1.165, 1.54) is 0 Å². The summed E-state index contributed by atoms with van der Waals surface area (Å²) in [5, 5.41) is 5.87.